The second kappa shape index (κ2) is 7.59. The van der Waals surface area contributed by atoms with Gasteiger partial charge < -0.3 is 10.1 Å². The van der Waals surface area contributed by atoms with Crippen LogP contribution in [0.1, 0.15) is 37.6 Å². The average molecular weight is 320 g/mol. The molecule has 0 heterocycles. The van der Waals surface area contributed by atoms with Gasteiger partial charge in [0.2, 0.25) is 0 Å². The third kappa shape index (κ3) is 6.76. The Morgan fingerprint density at radius 2 is 1.95 bits per heavy atom. The molecule has 0 aliphatic rings. The molecule has 0 fully saturated rings. The number of ether oxygens (including phenoxy) is 1. The number of hydrogen-bond acceptors (Lipinski definition) is 2. The van der Waals surface area contributed by atoms with Crippen LogP contribution in [-0.2, 0) is 0 Å². The summed E-state index contributed by atoms with van der Waals surface area (Å²) in [5, 5.41) is 2.41. The zero-order valence-corrected chi connectivity index (χ0v) is 13.1. The van der Waals surface area contributed by atoms with Crippen molar-refractivity contribution in [3.63, 3.8) is 0 Å². The van der Waals surface area contributed by atoms with E-state index in [0.717, 1.165) is 6.42 Å². The van der Waals surface area contributed by atoms with E-state index in [1.807, 2.05) is 0 Å². The van der Waals surface area contributed by atoms with Gasteiger partial charge in [-0.3, -0.25) is 4.79 Å². The fraction of sp³-hybridized carbons (Fsp3) is 0.533. The fourth-order valence-electron chi connectivity index (χ4n) is 1.89. The fourth-order valence-corrected chi connectivity index (χ4v) is 2.43. The highest BCUT2D eigenvalue weighted by Crippen LogP contribution is 2.24. The van der Waals surface area contributed by atoms with Crippen molar-refractivity contribution in [2.75, 3.05) is 6.54 Å². The van der Waals surface area contributed by atoms with Gasteiger partial charge in [-0.1, -0.05) is 32.9 Å². The van der Waals surface area contributed by atoms with E-state index >= 15 is 0 Å². The first kappa shape index (κ1) is 17.7. The molecular weight excluding hydrogens is 300 g/mol. The summed E-state index contributed by atoms with van der Waals surface area (Å²) in [4.78, 5) is 12.0. The van der Waals surface area contributed by atoms with Crippen LogP contribution >= 0.6 is 11.6 Å². The lowest BCUT2D eigenvalue weighted by atomic mass is 9.90. The first-order chi connectivity index (χ1) is 9.69. The maximum Gasteiger partial charge on any atom is 0.387 e. The largest absolute Gasteiger partial charge is 0.434 e. The summed E-state index contributed by atoms with van der Waals surface area (Å²) in [6.45, 7) is 3.45. The van der Waals surface area contributed by atoms with Crippen molar-refractivity contribution in [1.29, 1.82) is 0 Å². The lowest BCUT2D eigenvalue weighted by molar-refractivity contribution is -0.0501. The number of halogens is 3. The topological polar surface area (TPSA) is 38.3 Å². The Morgan fingerprint density at radius 3 is 2.52 bits per heavy atom. The highest BCUT2D eigenvalue weighted by Gasteiger charge is 2.19. The Hall–Kier alpha value is -1.36. The number of benzene rings is 1. The predicted octanol–water partition coefficient (Wildman–Crippen LogP) is 4.06. The van der Waals surface area contributed by atoms with Gasteiger partial charge in [0.1, 0.15) is 5.75 Å². The monoisotopic (exact) mass is 319 g/mol. The van der Waals surface area contributed by atoms with Gasteiger partial charge in [-0.05, 0) is 24.0 Å². The predicted molar refractivity (Wildman–Crippen MR) is 79.1 cm³/mol. The number of nitrogens with one attached hydrogen (secondary N) is 1. The Balaban J connectivity index is 2.64. The molecule has 1 amide bonds. The maximum absolute atomic E-state index is 12.3. The normalized spacial score (nSPS) is 13.1. The van der Waals surface area contributed by atoms with Gasteiger partial charge in [0.25, 0.3) is 5.91 Å². The number of para-hydroxylation sites is 1. The van der Waals surface area contributed by atoms with Crippen LogP contribution < -0.4 is 10.1 Å². The van der Waals surface area contributed by atoms with Crippen molar-refractivity contribution in [3.05, 3.63) is 29.8 Å². The third-order valence-corrected chi connectivity index (χ3v) is 2.97. The maximum atomic E-state index is 12.3. The SMILES string of the molecule is CC(C)(C)CC(Cl)CNC(=O)c1ccccc1OC(F)F. The van der Waals surface area contributed by atoms with Gasteiger partial charge in [-0.25, -0.2) is 0 Å². The van der Waals surface area contributed by atoms with Crippen molar-refractivity contribution < 1.29 is 18.3 Å². The second-order valence-corrected chi connectivity index (χ2v) is 6.56. The van der Waals surface area contributed by atoms with E-state index in [2.05, 4.69) is 30.8 Å². The van der Waals surface area contributed by atoms with E-state index in [1.165, 1.54) is 18.2 Å². The van der Waals surface area contributed by atoms with E-state index in [4.69, 9.17) is 11.6 Å². The van der Waals surface area contributed by atoms with Crippen LogP contribution in [0.25, 0.3) is 0 Å². The minimum atomic E-state index is -2.97. The number of carbonyl (C=O) groups is 1. The van der Waals surface area contributed by atoms with Crippen LogP contribution in [0.2, 0.25) is 0 Å². The molecule has 118 valence electrons. The lowest BCUT2D eigenvalue weighted by Crippen LogP contribution is -2.32. The molecule has 1 aromatic carbocycles. The van der Waals surface area contributed by atoms with Crippen LogP contribution in [0.4, 0.5) is 8.78 Å². The van der Waals surface area contributed by atoms with Gasteiger partial charge >= 0.3 is 6.61 Å². The summed E-state index contributed by atoms with van der Waals surface area (Å²) in [6, 6.07) is 5.87. The minimum absolute atomic E-state index is 0.0494. The van der Waals surface area contributed by atoms with E-state index < -0.39 is 12.5 Å². The molecule has 6 heteroatoms. The van der Waals surface area contributed by atoms with Gasteiger partial charge in [0, 0.05) is 6.54 Å². The number of amides is 1. The van der Waals surface area contributed by atoms with Gasteiger partial charge in [0.05, 0.1) is 10.9 Å². The molecule has 0 saturated carbocycles. The van der Waals surface area contributed by atoms with Gasteiger partial charge in [0.15, 0.2) is 0 Å². The Morgan fingerprint density at radius 1 is 1.33 bits per heavy atom. The van der Waals surface area contributed by atoms with E-state index in [1.54, 1.807) is 6.07 Å². The summed E-state index contributed by atoms with van der Waals surface area (Å²) in [5.41, 5.74) is 0.117. The first-order valence-electron chi connectivity index (χ1n) is 6.65. The second-order valence-electron chi connectivity index (χ2n) is 5.95. The highest BCUT2D eigenvalue weighted by atomic mass is 35.5. The van der Waals surface area contributed by atoms with E-state index in [0.29, 0.717) is 0 Å². The molecule has 1 atom stereocenters. The van der Waals surface area contributed by atoms with Crippen molar-refractivity contribution in [2.24, 2.45) is 5.41 Å². The molecule has 0 radical (unpaired) electrons. The summed E-state index contributed by atoms with van der Waals surface area (Å²) in [6.07, 6.45) is 0.726. The number of hydrogen-bond donors (Lipinski definition) is 1. The molecular formula is C15H20ClF2NO2. The molecule has 1 unspecified atom stereocenters. The molecule has 1 rings (SSSR count). The molecule has 0 spiro atoms. The molecule has 1 aromatic rings. The van der Waals surface area contributed by atoms with Crippen LogP contribution in [0, 0.1) is 5.41 Å². The van der Waals surface area contributed by atoms with E-state index in [9.17, 15) is 13.6 Å². The molecule has 1 N–H and O–H groups in total. The molecule has 0 aliphatic heterocycles. The van der Waals surface area contributed by atoms with Crippen molar-refractivity contribution in [3.8, 4) is 5.75 Å². The molecule has 0 bridgehead atoms. The van der Waals surface area contributed by atoms with Crippen LogP contribution in [0.15, 0.2) is 24.3 Å². The van der Waals surface area contributed by atoms with Crippen LogP contribution in [-0.4, -0.2) is 24.4 Å². The summed E-state index contributed by atoms with van der Waals surface area (Å²) >= 11 is 6.16. The summed E-state index contributed by atoms with van der Waals surface area (Å²) in [5.74, 6) is -0.627. The van der Waals surface area contributed by atoms with Gasteiger partial charge in [-0.2, -0.15) is 8.78 Å². The standard InChI is InChI=1S/C15H20ClF2NO2/c1-15(2,3)8-10(16)9-19-13(20)11-6-4-5-7-12(11)21-14(17)18/h4-7,10,14H,8-9H2,1-3H3,(H,19,20). The first-order valence-corrected chi connectivity index (χ1v) is 7.09. The molecule has 0 aliphatic carbocycles. The number of alkyl halides is 3. The molecule has 21 heavy (non-hydrogen) atoms. The lowest BCUT2D eigenvalue weighted by Gasteiger charge is -2.22. The van der Waals surface area contributed by atoms with E-state index in [-0.39, 0.29) is 28.6 Å². The smallest absolute Gasteiger partial charge is 0.387 e. The highest BCUT2D eigenvalue weighted by molar-refractivity contribution is 6.21. The van der Waals surface area contributed by atoms with Crippen LogP contribution in [0.3, 0.4) is 0 Å². The van der Waals surface area contributed by atoms with Crippen LogP contribution in [0.5, 0.6) is 5.75 Å². The third-order valence-electron chi connectivity index (χ3n) is 2.67. The summed E-state index contributed by atoms with van der Waals surface area (Å²) in [7, 11) is 0. The minimum Gasteiger partial charge on any atom is -0.434 e. The number of carbonyl (C=O) groups excluding carboxylic acids is 1. The molecule has 0 saturated heterocycles. The summed E-state index contributed by atoms with van der Waals surface area (Å²) < 4.78 is 28.9. The Bertz CT molecular complexity index is 475. The van der Waals surface area contributed by atoms with Crippen molar-refractivity contribution >= 4 is 17.5 Å². The average Bonchev–Trinajstić information content (AvgIpc) is 2.34. The Labute approximate surface area is 128 Å². The zero-order chi connectivity index (χ0) is 16.0. The number of rotatable bonds is 6. The molecule has 0 aromatic heterocycles. The quantitative estimate of drug-likeness (QED) is 0.803. The zero-order valence-electron chi connectivity index (χ0n) is 12.3. The van der Waals surface area contributed by atoms with Crippen molar-refractivity contribution in [1.82, 2.24) is 5.32 Å². The molecule has 3 nitrogen and oxygen atoms in total. The Kier molecular flexibility index (Phi) is 6.40. The van der Waals surface area contributed by atoms with Crippen molar-refractivity contribution in [2.45, 2.75) is 39.2 Å². The van der Waals surface area contributed by atoms with Gasteiger partial charge in [-0.15, -0.1) is 11.6 Å².